The number of halogens is 1. The number of nitrogens with zero attached hydrogens (tertiary/aromatic N) is 4. The molecule has 4 rings (SSSR count). The molecule has 0 bridgehead atoms. The number of pyridine rings is 1. The van der Waals surface area contributed by atoms with Crippen LogP contribution in [0.1, 0.15) is 35.7 Å². The first kappa shape index (κ1) is 21.7. The fourth-order valence-corrected chi connectivity index (χ4v) is 3.85. The highest BCUT2D eigenvalue weighted by atomic mass is 19.1. The Bertz CT molecular complexity index is 1250. The number of benzene rings is 1. The fraction of sp³-hybridized carbons (Fsp3) is 0.292. The number of fused-ring (bicyclic) bond motifs is 1. The number of carbonyl (C=O) groups excluding carboxylic acids is 1. The van der Waals surface area contributed by atoms with Gasteiger partial charge in [-0.05, 0) is 30.2 Å². The molecule has 0 saturated carbocycles. The summed E-state index contributed by atoms with van der Waals surface area (Å²) in [5, 5.41) is 16.5. The van der Waals surface area contributed by atoms with Crippen LogP contribution >= 0.6 is 0 Å². The van der Waals surface area contributed by atoms with Gasteiger partial charge in [-0.1, -0.05) is 25.5 Å². The number of carbonyl (C=O) groups is 1. The van der Waals surface area contributed by atoms with Crippen LogP contribution in [-0.4, -0.2) is 43.0 Å². The zero-order valence-electron chi connectivity index (χ0n) is 18.1. The molecule has 0 unspecified atom stereocenters. The lowest BCUT2D eigenvalue weighted by molar-refractivity contribution is 0.0914. The summed E-state index contributed by atoms with van der Waals surface area (Å²) in [5.74, 6) is -0.626. The zero-order chi connectivity index (χ0) is 22.7. The lowest BCUT2D eigenvalue weighted by Crippen LogP contribution is -2.37. The summed E-state index contributed by atoms with van der Waals surface area (Å²) >= 11 is 0. The summed E-state index contributed by atoms with van der Waals surface area (Å²) in [7, 11) is 1.82. The van der Waals surface area contributed by atoms with Gasteiger partial charge in [0, 0.05) is 36.8 Å². The van der Waals surface area contributed by atoms with Crippen LogP contribution in [0.4, 0.5) is 4.39 Å². The van der Waals surface area contributed by atoms with Crippen LogP contribution in [0.3, 0.4) is 0 Å². The Balaban J connectivity index is 1.63. The van der Waals surface area contributed by atoms with E-state index in [0.29, 0.717) is 23.1 Å². The largest absolute Gasteiger partial charge is 0.394 e. The van der Waals surface area contributed by atoms with Gasteiger partial charge in [0.2, 0.25) is 0 Å². The molecule has 0 aliphatic carbocycles. The minimum absolute atomic E-state index is 0.125. The molecule has 0 radical (unpaired) electrons. The number of aliphatic hydroxyl groups excluding tert-OH is 1. The Hall–Kier alpha value is -3.52. The maximum absolute atomic E-state index is 14.9. The Labute approximate surface area is 185 Å². The molecule has 0 fully saturated rings. The second-order valence-corrected chi connectivity index (χ2v) is 7.89. The number of hydrogen-bond acceptors (Lipinski definition) is 4. The maximum Gasteiger partial charge on any atom is 0.255 e. The van der Waals surface area contributed by atoms with Gasteiger partial charge in [-0.2, -0.15) is 5.10 Å². The molecule has 1 atom stereocenters. The maximum atomic E-state index is 14.9. The van der Waals surface area contributed by atoms with Crippen LogP contribution in [0.15, 0.2) is 55.1 Å². The van der Waals surface area contributed by atoms with E-state index in [9.17, 15) is 14.3 Å². The summed E-state index contributed by atoms with van der Waals surface area (Å²) in [6, 6.07) is 8.45. The van der Waals surface area contributed by atoms with E-state index in [0.717, 1.165) is 23.1 Å². The molecule has 0 spiro atoms. The van der Waals surface area contributed by atoms with Crippen molar-refractivity contribution < 1.29 is 14.3 Å². The van der Waals surface area contributed by atoms with Crippen molar-refractivity contribution in [2.45, 2.75) is 32.4 Å². The summed E-state index contributed by atoms with van der Waals surface area (Å²) in [6.07, 6.45) is 8.39. The van der Waals surface area contributed by atoms with E-state index in [-0.39, 0.29) is 30.9 Å². The lowest BCUT2D eigenvalue weighted by atomic mass is 10.1. The first-order chi connectivity index (χ1) is 15.5. The molecular formula is C24H26FN5O2. The van der Waals surface area contributed by atoms with E-state index in [1.54, 1.807) is 35.4 Å². The molecule has 1 amide bonds. The van der Waals surface area contributed by atoms with E-state index in [2.05, 4.69) is 15.4 Å². The summed E-state index contributed by atoms with van der Waals surface area (Å²) in [4.78, 5) is 17.3. The van der Waals surface area contributed by atoms with Gasteiger partial charge >= 0.3 is 0 Å². The summed E-state index contributed by atoms with van der Waals surface area (Å²) in [6.45, 7) is 2.13. The van der Waals surface area contributed by atoms with Crippen LogP contribution in [-0.2, 0) is 13.6 Å². The lowest BCUT2D eigenvalue weighted by Gasteiger charge is -2.14. The Kier molecular flexibility index (Phi) is 6.32. The van der Waals surface area contributed by atoms with Crippen LogP contribution in [0, 0.1) is 5.82 Å². The van der Waals surface area contributed by atoms with E-state index in [4.69, 9.17) is 0 Å². The minimum atomic E-state index is -0.327. The molecule has 0 aliphatic heterocycles. The highest BCUT2D eigenvalue weighted by Crippen LogP contribution is 2.25. The average Bonchev–Trinajstić information content (AvgIpc) is 3.39. The first-order valence-electron chi connectivity index (χ1n) is 10.6. The van der Waals surface area contributed by atoms with E-state index in [1.165, 1.54) is 6.07 Å². The molecule has 7 nitrogen and oxygen atoms in total. The quantitative estimate of drug-likeness (QED) is 0.444. The topological polar surface area (TPSA) is 85.0 Å². The van der Waals surface area contributed by atoms with Gasteiger partial charge in [0.15, 0.2) is 0 Å². The number of amides is 1. The standard InChI is InChI=1S/C24H26FN5O2/c1-3-5-19(15-31)28-24(32)20-14-30(22-6-4-9-26-23(20)22)13-17-8-7-16(10-21(17)25)18-11-27-29(2)12-18/h4,6-12,14,19,31H,3,5,13,15H2,1-2H3,(H,28,32)/t19-/m0/s1. The van der Waals surface area contributed by atoms with Gasteiger partial charge in [-0.3, -0.25) is 14.5 Å². The Morgan fingerprint density at radius 3 is 2.78 bits per heavy atom. The predicted octanol–water partition coefficient (Wildman–Crippen LogP) is 3.52. The summed E-state index contributed by atoms with van der Waals surface area (Å²) < 4.78 is 18.4. The molecule has 32 heavy (non-hydrogen) atoms. The van der Waals surface area contributed by atoms with Crippen molar-refractivity contribution in [3.63, 3.8) is 0 Å². The van der Waals surface area contributed by atoms with Crippen LogP contribution in [0.5, 0.6) is 0 Å². The number of aliphatic hydroxyl groups is 1. The second-order valence-electron chi connectivity index (χ2n) is 7.89. The first-order valence-corrected chi connectivity index (χ1v) is 10.6. The van der Waals surface area contributed by atoms with Crippen LogP contribution < -0.4 is 5.32 Å². The van der Waals surface area contributed by atoms with E-state index in [1.807, 2.05) is 36.9 Å². The number of aryl methyl sites for hydroxylation is 1. The Morgan fingerprint density at radius 1 is 1.25 bits per heavy atom. The molecule has 3 aromatic heterocycles. The Morgan fingerprint density at radius 2 is 2.09 bits per heavy atom. The SMILES string of the molecule is CCC[C@@H](CO)NC(=O)c1cn(Cc2ccc(-c3cnn(C)c3)cc2F)c2cccnc12. The number of aromatic nitrogens is 4. The van der Waals surface area contributed by atoms with Crippen molar-refractivity contribution in [3.8, 4) is 11.1 Å². The molecule has 166 valence electrons. The third-order valence-corrected chi connectivity index (χ3v) is 5.51. The van der Waals surface area contributed by atoms with E-state index >= 15 is 0 Å². The van der Waals surface area contributed by atoms with Crippen molar-refractivity contribution >= 4 is 16.9 Å². The van der Waals surface area contributed by atoms with E-state index < -0.39 is 0 Å². The fourth-order valence-electron chi connectivity index (χ4n) is 3.85. The van der Waals surface area contributed by atoms with Crippen molar-refractivity contribution in [2.24, 2.45) is 7.05 Å². The smallest absolute Gasteiger partial charge is 0.255 e. The van der Waals surface area contributed by atoms with Gasteiger partial charge in [-0.15, -0.1) is 0 Å². The molecule has 0 saturated heterocycles. The van der Waals surface area contributed by atoms with Gasteiger partial charge in [-0.25, -0.2) is 4.39 Å². The number of nitrogens with one attached hydrogen (secondary N) is 1. The highest BCUT2D eigenvalue weighted by molar-refractivity contribution is 6.05. The molecule has 1 aromatic carbocycles. The average molecular weight is 436 g/mol. The van der Waals surface area contributed by atoms with Crippen molar-refractivity contribution in [3.05, 3.63) is 72.1 Å². The predicted molar refractivity (Wildman–Crippen MR) is 121 cm³/mol. The third-order valence-electron chi connectivity index (χ3n) is 5.51. The normalized spacial score (nSPS) is 12.2. The summed E-state index contributed by atoms with van der Waals surface area (Å²) in [5.41, 5.74) is 3.80. The van der Waals surface area contributed by atoms with Crippen molar-refractivity contribution in [1.29, 1.82) is 0 Å². The highest BCUT2D eigenvalue weighted by Gasteiger charge is 2.19. The molecule has 4 aromatic rings. The van der Waals surface area contributed by atoms with Gasteiger partial charge in [0.25, 0.3) is 5.91 Å². The van der Waals surface area contributed by atoms with Crippen molar-refractivity contribution in [2.75, 3.05) is 6.61 Å². The van der Waals surface area contributed by atoms with Crippen molar-refractivity contribution in [1.82, 2.24) is 24.6 Å². The number of rotatable bonds is 8. The zero-order valence-corrected chi connectivity index (χ0v) is 18.1. The third kappa shape index (κ3) is 4.40. The minimum Gasteiger partial charge on any atom is -0.394 e. The molecule has 2 N–H and O–H groups in total. The van der Waals surface area contributed by atoms with Crippen LogP contribution in [0.25, 0.3) is 22.2 Å². The molecular weight excluding hydrogens is 409 g/mol. The monoisotopic (exact) mass is 435 g/mol. The molecule has 0 aliphatic rings. The van der Waals surface area contributed by atoms with Crippen LogP contribution in [0.2, 0.25) is 0 Å². The van der Waals surface area contributed by atoms with Gasteiger partial charge in [0.1, 0.15) is 11.3 Å². The molecule has 3 heterocycles. The van der Waals surface area contributed by atoms with Gasteiger partial charge in [0.05, 0.1) is 36.5 Å². The number of hydrogen-bond donors (Lipinski definition) is 2. The second kappa shape index (κ2) is 9.32. The van der Waals surface area contributed by atoms with Gasteiger partial charge < -0.3 is 15.0 Å². The molecule has 8 heteroatoms.